The summed E-state index contributed by atoms with van der Waals surface area (Å²) in [5.41, 5.74) is 1.04. The van der Waals surface area contributed by atoms with Crippen molar-refractivity contribution >= 4 is 34.4 Å². The molecule has 0 radical (unpaired) electrons. The molecule has 0 heterocycles. The molecular formula is C28H34FIN2O8. The molecule has 0 unspecified atom stereocenters. The van der Waals surface area contributed by atoms with Crippen LogP contribution in [-0.4, -0.2) is 83.8 Å². The van der Waals surface area contributed by atoms with Gasteiger partial charge in [-0.25, -0.2) is 4.39 Å². The first kappa shape index (κ1) is 31.7. The molecule has 0 fully saturated rings. The van der Waals surface area contributed by atoms with Crippen LogP contribution in [-0.2, 0) is 27.5 Å². The van der Waals surface area contributed by atoms with E-state index in [0.29, 0.717) is 14.9 Å². The lowest BCUT2D eigenvalue weighted by Crippen LogP contribution is -2.55. The van der Waals surface area contributed by atoms with Crippen LogP contribution in [0.4, 0.5) is 4.39 Å². The minimum atomic E-state index is -1.33. The summed E-state index contributed by atoms with van der Waals surface area (Å²) < 4.78 is 32.2. The van der Waals surface area contributed by atoms with Gasteiger partial charge < -0.3 is 39.7 Å². The molecule has 1 aliphatic carbocycles. The lowest BCUT2D eigenvalue weighted by atomic mass is 9.87. The maximum absolute atomic E-state index is 14.6. The van der Waals surface area contributed by atoms with E-state index in [9.17, 15) is 29.3 Å². The molecule has 3 atom stereocenters. The van der Waals surface area contributed by atoms with Gasteiger partial charge in [0.05, 0.1) is 29.9 Å². The smallest absolute Gasteiger partial charge is 0.249 e. The van der Waals surface area contributed by atoms with Crippen LogP contribution in [0.5, 0.6) is 11.5 Å². The Morgan fingerprint density at radius 2 is 1.98 bits per heavy atom. The molecule has 4 N–H and O–H groups in total. The van der Waals surface area contributed by atoms with Gasteiger partial charge in [0.15, 0.2) is 11.5 Å². The highest BCUT2D eigenvalue weighted by molar-refractivity contribution is 14.1. The van der Waals surface area contributed by atoms with Crippen molar-refractivity contribution in [2.24, 2.45) is 0 Å². The quantitative estimate of drug-likeness (QED) is 0.237. The molecule has 0 saturated heterocycles. The van der Waals surface area contributed by atoms with Crippen LogP contribution in [0, 0.1) is 9.39 Å². The molecule has 2 aromatic carbocycles. The van der Waals surface area contributed by atoms with E-state index >= 15 is 0 Å². The molecule has 1 aliphatic rings. The van der Waals surface area contributed by atoms with Crippen molar-refractivity contribution in [1.29, 1.82) is 0 Å². The lowest BCUT2D eigenvalue weighted by molar-refractivity contribution is -0.144. The van der Waals surface area contributed by atoms with Crippen molar-refractivity contribution < 1.29 is 43.5 Å². The predicted molar refractivity (Wildman–Crippen MR) is 152 cm³/mol. The minimum Gasteiger partial charge on any atom is -0.493 e. The predicted octanol–water partition coefficient (Wildman–Crippen LogP) is 1.91. The van der Waals surface area contributed by atoms with E-state index in [-0.39, 0.29) is 62.8 Å². The number of nitrogens with one attached hydrogen (secondary N) is 1. The fourth-order valence-corrected chi connectivity index (χ4v) is 5.16. The number of nitrogens with zero attached hydrogens (tertiary/aromatic N) is 1. The van der Waals surface area contributed by atoms with Crippen LogP contribution in [0.15, 0.2) is 48.0 Å². The first-order valence-electron chi connectivity index (χ1n) is 12.8. The summed E-state index contributed by atoms with van der Waals surface area (Å²) in [7, 11) is 1.44. The number of benzene rings is 2. The third kappa shape index (κ3) is 7.91. The van der Waals surface area contributed by atoms with Gasteiger partial charge in [-0.05, 0) is 59.4 Å². The highest BCUT2D eigenvalue weighted by Gasteiger charge is 2.41. The van der Waals surface area contributed by atoms with Crippen LogP contribution in [0.3, 0.4) is 0 Å². The maximum atomic E-state index is 14.6. The monoisotopic (exact) mass is 672 g/mol. The first-order chi connectivity index (χ1) is 19.2. The van der Waals surface area contributed by atoms with E-state index in [2.05, 4.69) is 5.32 Å². The third-order valence-corrected chi connectivity index (χ3v) is 7.19. The van der Waals surface area contributed by atoms with Crippen molar-refractivity contribution in [3.8, 4) is 11.5 Å². The molecule has 3 rings (SSSR count). The molecule has 0 saturated carbocycles. The lowest BCUT2D eigenvalue weighted by Gasteiger charge is -2.40. The Morgan fingerprint density at radius 1 is 1.23 bits per heavy atom. The van der Waals surface area contributed by atoms with Crippen molar-refractivity contribution in [2.45, 2.75) is 44.7 Å². The van der Waals surface area contributed by atoms with Crippen LogP contribution in [0.1, 0.15) is 24.5 Å². The summed E-state index contributed by atoms with van der Waals surface area (Å²) in [6.07, 6.45) is -1.02. The normalized spacial score (nSPS) is 18.6. The number of rotatable bonds is 13. The second-order valence-electron chi connectivity index (χ2n) is 9.03. The number of ether oxygens (including phenoxy) is 3. The fourth-order valence-electron chi connectivity index (χ4n) is 4.37. The van der Waals surface area contributed by atoms with Crippen molar-refractivity contribution in [3.05, 3.63) is 68.6 Å². The average Bonchev–Trinajstić information content (AvgIpc) is 2.96. The molecule has 10 nitrogen and oxygen atoms in total. The second-order valence-corrected chi connectivity index (χ2v) is 10.2. The maximum Gasteiger partial charge on any atom is 0.249 e. The van der Waals surface area contributed by atoms with Gasteiger partial charge >= 0.3 is 0 Å². The second kappa shape index (κ2) is 15.3. The van der Waals surface area contributed by atoms with Crippen LogP contribution in [0.25, 0.3) is 0 Å². The van der Waals surface area contributed by atoms with Gasteiger partial charge in [0, 0.05) is 37.3 Å². The van der Waals surface area contributed by atoms with Crippen LogP contribution < -0.4 is 14.8 Å². The van der Waals surface area contributed by atoms with Gasteiger partial charge in [0.25, 0.3) is 0 Å². The molecule has 0 spiro atoms. The number of carbonyl (C=O) groups excluding carboxylic acids is 2. The molecule has 0 aliphatic heterocycles. The zero-order chi connectivity index (χ0) is 29.2. The molecule has 2 amide bonds. The Balaban J connectivity index is 2.04. The Morgan fingerprint density at radius 3 is 2.62 bits per heavy atom. The Labute approximate surface area is 245 Å². The average molecular weight is 672 g/mol. The summed E-state index contributed by atoms with van der Waals surface area (Å²) in [6, 6.07) is 8.30. The van der Waals surface area contributed by atoms with Crippen LogP contribution in [0.2, 0.25) is 0 Å². The van der Waals surface area contributed by atoms with E-state index in [1.165, 1.54) is 30.2 Å². The standard InChI is InChI=1S/C28H34FIN2O8/c1-3-39-16-25(35)32(14-18-6-4-5-7-20(18)29)22-12-19(28(37)31-8-9-33)13-23(26(22)36)40-27-21(30)10-17(15-34)11-24(27)38-2/h4-7,10-11,13,22-23,26,33-34,36H,3,8-9,12,14-16H2,1-2H3,(H,31,37)/t22-,23+,26+/m1/s1. The van der Waals surface area contributed by atoms with Crippen molar-refractivity contribution in [1.82, 2.24) is 10.2 Å². The summed E-state index contributed by atoms with van der Waals surface area (Å²) in [4.78, 5) is 27.6. The van der Waals surface area contributed by atoms with Gasteiger partial charge in [-0.2, -0.15) is 0 Å². The number of aliphatic hydroxyl groups excluding tert-OH is 3. The van der Waals surface area contributed by atoms with Crippen molar-refractivity contribution in [2.75, 3.05) is 33.5 Å². The molecule has 0 bridgehead atoms. The molecule has 40 heavy (non-hydrogen) atoms. The van der Waals surface area contributed by atoms with Gasteiger partial charge in [0.1, 0.15) is 24.6 Å². The van der Waals surface area contributed by atoms with Crippen LogP contribution >= 0.6 is 22.6 Å². The number of hydrogen-bond donors (Lipinski definition) is 4. The zero-order valence-electron chi connectivity index (χ0n) is 22.3. The van der Waals surface area contributed by atoms with E-state index in [1.54, 1.807) is 31.2 Å². The number of amides is 2. The number of hydrogen-bond acceptors (Lipinski definition) is 8. The Kier molecular flexibility index (Phi) is 12.1. The molecule has 2 aromatic rings. The fraction of sp³-hybridized carbons (Fsp3) is 0.429. The molecular weight excluding hydrogens is 638 g/mol. The molecule has 0 aromatic heterocycles. The zero-order valence-corrected chi connectivity index (χ0v) is 24.5. The Bertz CT molecular complexity index is 1210. The van der Waals surface area contributed by atoms with Gasteiger partial charge in [-0.3, -0.25) is 9.59 Å². The third-order valence-electron chi connectivity index (χ3n) is 6.39. The van der Waals surface area contributed by atoms with Gasteiger partial charge in [-0.15, -0.1) is 0 Å². The number of carbonyl (C=O) groups is 2. The molecule has 12 heteroatoms. The SMILES string of the molecule is CCOCC(=O)N(Cc1ccccc1F)[C@@H]1CC(C(=O)NCCO)=C[C@H](Oc2c(I)cc(CO)cc2OC)[C@H]1O. The number of aliphatic hydroxyl groups is 3. The number of halogens is 2. The van der Waals surface area contributed by atoms with Gasteiger partial charge in [0.2, 0.25) is 11.8 Å². The largest absolute Gasteiger partial charge is 0.493 e. The van der Waals surface area contributed by atoms with Gasteiger partial charge in [-0.1, -0.05) is 18.2 Å². The minimum absolute atomic E-state index is 0.00543. The van der Waals surface area contributed by atoms with E-state index in [1.807, 2.05) is 22.6 Å². The van der Waals surface area contributed by atoms with E-state index < -0.39 is 35.9 Å². The summed E-state index contributed by atoms with van der Waals surface area (Å²) >= 11 is 2.01. The molecule has 218 valence electrons. The summed E-state index contributed by atoms with van der Waals surface area (Å²) in [6.45, 7) is 1.04. The summed E-state index contributed by atoms with van der Waals surface area (Å²) in [5, 5.41) is 32.9. The number of methoxy groups -OCH3 is 1. The van der Waals surface area contributed by atoms with E-state index in [4.69, 9.17) is 14.2 Å². The van der Waals surface area contributed by atoms with Crippen molar-refractivity contribution in [3.63, 3.8) is 0 Å². The summed E-state index contributed by atoms with van der Waals surface area (Å²) in [5.74, 6) is -0.933. The highest BCUT2D eigenvalue weighted by Crippen LogP contribution is 2.37. The van der Waals surface area contributed by atoms with E-state index in [0.717, 1.165) is 0 Å². The highest BCUT2D eigenvalue weighted by atomic mass is 127. The first-order valence-corrected chi connectivity index (χ1v) is 13.8. The topological polar surface area (TPSA) is 138 Å². The Hall–Kier alpha value is -2.78.